The van der Waals surface area contributed by atoms with E-state index < -0.39 is 5.82 Å². The summed E-state index contributed by atoms with van der Waals surface area (Å²) in [7, 11) is 0. The van der Waals surface area contributed by atoms with Gasteiger partial charge >= 0.3 is 5.82 Å². The van der Waals surface area contributed by atoms with Crippen molar-refractivity contribution in [3.8, 4) is 0 Å². The minimum absolute atomic E-state index is 0. The molecule has 2 aliphatic heterocycles. The van der Waals surface area contributed by atoms with Crippen LogP contribution in [0.4, 0.5) is 0 Å². The third kappa shape index (κ3) is 13.0. The summed E-state index contributed by atoms with van der Waals surface area (Å²) in [5.74, 6) is 2.26. The smallest absolute Gasteiger partial charge is 0.485 e. The minimum atomic E-state index is -0.605. The van der Waals surface area contributed by atoms with E-state index in [1.807, 2.05) is 6.07 Å². The Morgan fingerprint density at radius 3 is 1.82 bits per heavy atom. The molecule has 0 bridgehead atoms. The quantitative estimate of drug-likeness (QED) is 0.256. The second kappa shape index (κ2) is 17.2. The van der Waals surface area contributed by atoms with E-state index in [9.17, 15) is 4.79 Å². The van der Waals surface area contributed by atoms with Crippen molar-refractivity contribution in [1.29, 1.82) is 0 Å². The van der Waals surface area contributed by atoms with E-state index in [2.05, 4.69) is 126 Å². The molecule has 3 aliphatic rings. The van der Waals surface area contributed by atoms with Gasteiger partial charge < -0.3 is 18.3 Å². The molecular formula is C44H70O5. The third-order valence-electron chi connectivity index (χ3n) is 8.94. The summed E-state index contributed by atoms with van der Waals surface area (Å²) in [5, 5.41) is 0. The van der Waals surface area contributed by atoms with Gasteiger partial charge in [0.05, 0.1) is 13.2 Å². The predicted molar refractivity (Wildman–Crippen MR) is 208 cm³/mol. The Morgan fingerprint density at radius 2 is 1.37 bits per heavy atom. The van der Waals surface area contributed by atoms with E-state index in [0.29, 0.717) is 22.4 Å². The highest BCUT2D eigenvalue weighted by Crippen LogP contribution is 2.46. The Hall–Kier alpha value is -3.05. The highest BCUT2D eigenvalue weighted by atomic mass is 16.6. The average Bonchev–Trinajstić information content (AvgIpc) is 3.58. The molecule has 5 nitrogen and oxygen atoms in total. The summed E-state index contributed by atoms with van der Waals surface area (Å²) in [5.41, 5.74) is 8.08. The van der Waals surface area contributed by atoms with Crippen LogP contribution in [0.1, 0.15) is 150 Å². The van der Waals surface area contributed by atoms with Gasteiger partial charge in [-0.2, -0.15) is 0 Å². The van der Waals surface area contributed by atoms with Crippen molar-refractivity contribution in [2.75, 3.05) is 13.2 Å². The topological polar surface area (TPSA) is 61.8 Å². The van der Waals surface area contributed by atoms with E-state index in [-0.39, 0.29) is 31.8 Å². The fourth-order valence-corrected chi connectivity index (χ4v) is 5.68. The Bertz CT molecular complexity index is 1520. The van der Waals surface area contributed by atoms with Crippen molar-refractivity contribution in [3.63, 3.8) is 0 Å². The van der Waals surface area contributed by atoms with Gasteiger partial charge in [-0.15, -0.1) is 0 Å². The zero-order chi connectivity index (χ0) is 35.4. The Labute approximate surface area is 299 Å². The first-order valence-corrected chi connectivity index (χ1v) is 17.3. The molecule has 3 aromatic rings. The summed E-state index contributed by atoms with van der Waals surface area (Å²) in [4.78, 5) is 10.7. The maximum absolute atomic E-state index is 10.7. The molecule has 6 rings (SSSR count). The van der Waals surface area contributed by atoms with Gasteiger partial charge in [0.25, 0.3) is 0 Å². The lowest BCUT2D eigenvalue weighted by molar-refractivity contribution is -0.0821. The van der Waals surface area contributed by atoms with Gasteiger partial charge in [-0.25, -0.2) is 4.79 Å². The highest BCUT2D eigenvalue weighted by Gasteiger charge is 2.35. The summed E-state index contributed by atoms with van der Waals surface area (Å²) >= 11 is 0. The molecule has 2 aromatic carbocycles. The van der Waals surface area contributed by atoms with Crippen LogP contribution < -0.4 is 5.82 Å². The van der Waals surface area contributed by atoms with E-state index in [0.717, 1.165) is 36.9 Å². The zero-order valence-corrected chi connectivity index (χ0v) is 31.7. The van der Waals surface area contributed by atoms with Gasteiger partial charge in [0.1, 0.15) is 23.4 Å². The Balaban J connectivity index is 0.000000328. The Morgan fingerprint density at radius 1 is 0.776 bits per heavy atom. The molecule has 0 saturated carbocycles. The van der Waals surface area contributed by atoms with Crippen molar-refractivity contribution in [2.45, 2.75) is 142 Å². The first-order valence-electron chi connectivity index (χ1n) is 17.3. The lowest BCUT2D eigenvalue weighted by Gasteiger charge is -2.37. The highest BCUT2D eigenvalue weighted by molar-refractivity contribution is 5.65. The van der Waals surface area contributed by atoms with Crippen LogP contribution in [0.5, 0.6) is 0 Å². The van der Waals surface area contributed by atoms with Crippen molar-refractivity contribution >= 4 is 5.76 Å². The maximum Gasteiger partial charge on any atom is 0.519 e. The lowest BCUT2D eigenvalue weighted by Crippen LogP contribution is -2.37. The molecule has 276 valence electrons. The molecular weight excluding hydrogens is 608 g/mol. The van der Waals surface area contributed by atoms with Crippen molar-refractivity contribution in [1.82, 2.24) is 0 Å². The molecule has 0 spiro atoms. The molecule has 3 heterocycles. The SMILES string of the molecule is C.C.C=C1OC(C(C)(C)C)c2ccccc21.CC(C)(C)C1COC1.CC(C)(C)c1ccc2c(c1)CCC2.Cc1oc(=O)oc1CC(C)(C)C. The van der Waals surface area contributed by atoms with Gasteiger partial charge in [-0.1, -0.05) is 147 Å². The maximum atomic E-state index is 10.7. The standard InChI is InChI=1S/C13H16O.C13H18.C9H14O3.C7H14O.2CH4/c1-9-10-7-5-6-8-11(10)12(14-9)13(2,3)4;1-13(2,3)12-8-7-10-5-4-6-11(10)9-12;1-6-7(5-9(2,3)4)12-8(10)11-6;1-7(2,3)6-4-8-5-6;;/h5-8,12H,1H2,2-4H3;7-9H,4-6H2,1-3H3;5H2,1-4H3;6H,4-5H2,1-3H3;2*1H4. The van der Waals surface area contributed by atoms with Gasteiger partial charge in [0, 0.05) is 28.9 Å². The summed E-state index contributed by atoms with van der Waals surface area (Å²) < 4.78 is 20.5. The van der Waals surface area contributed by atoms with Crippen LogP contribution in [-0.4, -0.2) is 13.2 Å². The molecule has 49 heavy (non-hydrogen) atoms. The van der Waals surface area contributed by atoms with Crippen molar-refractivity contribution in [3.05, 3.63) is 99.0 Å². The number of benzene rings is 2. The van der Waals surface area contributed by atoms with E-state index in [1.165, 1.54) is 30.4 Å². The molecule has 5 heteroatoms. The minimum Gasteiger partial charge on any atom is -0.485 e. The second-order valence-corrected chi connectivity index (χ2v) is 17.7. The number of aryl methyl sites for hydroxylation is 3. The number of hydrogen-bond acceptors (Lipinski definition) is 5. The van der Waals surface area contributed by atoms with Crippen molar-refractivity contribution in [2.24, 2.45) is 22.2 Å². The lowest BCUT2D eigenvalue weighted by atomic mass is 9.80. The van der Waals surface area contributed by atoms with Crippen LogP contribution >= 0.6 is 0 Å². The van der Waals surface area contributed by atoms with Gasteiger partial charge in [-0.3, -0.25) is 0 Å². The van der Waals surface area contributed by atoms with Crippen LogP contribution in [0.2, 0.25) is 0 Å². The number of fused-ring (bicyclic) bond motifs is 2. The molecule has 0 N–H and O–H groups in total. The predicted octanol–water partition coefficient (Wildman–Crippen LogP) is 12.3. The third-order valence-corrected chi connectivity index (χ3v) is 8.94. The fraction of sp³-hybridized carbons (Fsp3) is 0.614. The first kappa shape index (κ1) is 44.0. The fourth-order valence-electron chi connectivity index (χ4n) is 5.68. The molecule has 1 unspecified atom stereocenters. The monoisotopic (exact) mass is 679 g/mol. The number of ether oxygens (including phenoxy) is 2. The number of hydrogen-bond donors (Lipinski definition) is 0. The van der Waals surface area contributed by atoms with Crippen LogP contribution in [0, 0.1) is 29.1 Å². The van der Waals surface area contributed by atoms with Crippen LogP contribution in [0.15, 0.2) is 62.7 Å². The van der Waals surface area contributed by atoms with Gasteiger partial charge in [0.15, 0.2) is 0 Å². The second-order valence-electron chi connectivity index (χ2n) is 17.7. The molecule has 1 aromatic heterocycles. The van der Waals surface area contributed by atoms with Crippen molar-refractivity contribution < 1.29 is 18.3 Å². The van der Waals surface area contributed by atoms with E-state index in [4.69, 9.17) is 18.3 Å². The normalized spacial score (nSPS) is 16.8. The molecule has 1 aliphatic carbocycles. The Kier molecular flexibility index (Phi) is 15.5. The summed E-state index contributed by atoms with van der Waals surface area (Å²) in [6.07, 6.45) is 4.80. The summed E-state index contributed by atoms with van der Waals surface area (Å²) in [6, 6.07) is 15.3. The molecule has 1 atom stereocenters. The number of rotatable bonds is 1. The summed E-state index contributed by atoms with van der Waals surface area (Å²) in [6.45, 7) is 34.1. The van der Waals surface area contributed by atoms with E-state index in [1.54, 1.807) is 18.1 Å². The largest absolute Gasteiger partial charge is 0.519 e. The molecule has 0 amide bonds. The zero-order valence-electron chi connectivity index (χ0n) is 31.7. The van der Waals surface area contributed by atoms with Crippen LogP contribution in [0.3, 0.4) is 0 Å². The van der Waals surface area contributed by atoms with Crippen LogP contribution in [-0.2, 0) is 34.2 Å². The van der Waals surface area contributed by atoms with Gasteiger partial charge in [0.2, 0.25) is 0 Å². The first-order chi connectivity index (χ1) is 21.6. The average molecular weight is 679 g/mol. The molecule has 1 fully saturated rings. The van der Waals surface area contributed by atoms with E-state index >= 15 is 0 Å². The molecule has 0 radical (unpaired) electrons. The van der Waals surface area contributed by atoms with Crippen LogP contribution in [0.25, 0.3) is 5.76 Å². The van der Waals surface area contributed by atoms with Gasteiger partial charge in [-0.05, 0) is 59.1 Å². The molecule has 1 saturated heterocycles.